The highest BCUT2D eigenvalue weighted by Gasteiger charge is 2.40. The molecule has 0 amide bonds. The summed E-state index contributed by atoms with van der Waals surface area (Å²) in [6, 6.07) is 4.16. The van der Waals surface area contributed by atoms with Crippen molar-refractivity contribution >= 4 is 0 Å². The molecule has 0 bridgehead atoms. The third-order valence-electron chi connectivity index (χ3n) is 5.09. The van der Waals surface area contributed by atoms with Crippen molar-refractivity contribution in [1.29, 1.82) is 0 Å². The summed E-state index contributed by atoms with van der Waals surface area (Å²) in [5.74, 6) is 2.06. The number of aliphatic hydroxyl groups excluding tert-OH is 1. The van der Waals surface area contributed by atoms with Crippen LogP contribution in [0.2, 0.25) is 0 Å². The topological polar surface area (TPSA) is 86.0 Å². The van der Waals surface area contributed by atoms with Crippen molar-refractivity contribution in [3.63, 3.8) is 0 Å². The molecule has 1 unspecified atom stereocenters. The number of nitrogens with zero attached hydrogens (tertiary/aromatic N) is 5. The molecule has 1 N–H and O–H groups in total. The van der Waals surface area contributed by atoms with Gasteiger partial charge in [-0.15, -0.1) is 0 Å². The highest BCUT2D eigenvalue weighted by molar-refractivity contribution is 5.69. The molecule has 1 fully saturated rings. The van der Waals surface area contributed by atoms with Gasteiger partial charge in [-0.05, 0) is 44.9 Å². The fourth-order valence-corrected chi connectivity index (χ4v) is 3.51. The molecule has 1 aliphatic rings. The minimum absolute atomic E-state index is 0.433. The van der Waals surface area contributed by atoms with E-state index in [1.807, 2.05) is 32.4 Å². The van der Waals surface area contributed by atoms with Crippen LogP contribution in [0.3, 0.4) is 0 Å². The van der Waals surface area contributed by atoms with Crippen molar-refractivity contribution in [1.82, 2.24) is 24.7 Å². The minimum Gasteiger partial charge on any atom is -0.477 e. The van der Waals surface area contributed by atoms with Crippen LogP contribution in [0, 0.1) is 19.8 Å². The highest BCUT2D eigenvalue weighted by atomic mass is 16.5. The monoisotopic (exact) mass is 379 g/mol. The zero-order valence-electron chi connectivity index (χ0n) is 16.6. The quantitative estimate of drug-likeness (QED) is 0.708. The molecule has 3 heterocycles. The van der Waals surface area contributed by atoms with Crippen LogP contribution >= 0.6 is 0 Å². The molecule has 146 valence electrons. The Kier molecular flexibility index (Phi) is 4.85. The van der Waals surface area contributed by atoms with Crippen LogP contribution < -0.4 is 4.74 Å². The van der Waals surface area contributed by atoms with Gasteiger partial charge < -0.3 is 9.84 Å². The summed E-state index contributed by atoms with van der Waals surface area (Å²) < 4.78 is 7.81. The molecule has 0 aliphatic heterocycles. The molecule has 0 radical (unpaired) electrons. The van der Waals surface area contributed by atoms with Crippen molar-refractivity contribution < 1.29 is 9.84 Å². The van der Waals surface area contributed by atoms with E-state index >= 15 is 0 Å². The molecule has 3 aromatic rings. The first-order valence-electron chi connectivity index (χ1n) is 9.53. The summed E-state index contributed by atoms with van der Waals surface area (Å²) in [5, 5.41) is 14.4. The van der Waals surface area contributed by atoms with Gasteiger partial charge in [0.25, 0.3) is 0 Å². The number of hydrogen-bond acceptors (Lipinski definition) is 6. The van der Waals surface area contributed by atoms with E-state index in [1.165, 1.54) is 5.56 Å². The second kappa shape index (κ2) is 7.31. The van der Waals surface area contributed by atoms with Gasteiger partial charge in [-0.1, -0.05) is 0 Å². The first-order valence-corrected chi connectivity index (χ1v) is 9.53. The Labute approximate surface area is 164 Å². The van der Waals surface area contributed by atoms with E-state index in [4.69, 9.17) is 4.74 Å². The van der Waals surface area contributed by atoms with E-state index in [-0.39, 0.29) is 0 Å². The van der Waals surface area contributed by atoms with Gasteiger partial charge in [-0.25, -0.2) is 4.98 Å². The van der Waals surface area contributed by atoms with E-state index in [1.54, 1.807) is 17.8 Å². The number of aliphatic hydroxyl groups is 1. The van der Waals surface area contributed by atoms with Crippen LogP contribution in [-0.2, 0) is 7.05 Å². The Hall–Kier alpha value is -2.80. The fourth-order valence-electron chi connectivity index (χ4n) is 3.51. The molecule has 0 spiro atoms. The minimum atomic E-state index is -0.689. The van der Waals surface area contributed by atoms with E-state index in [0.29, 0.717) is 35.8 Å². The summed E-state index contributed by atoms with van der Waals surface area (Å²) in [4.78, 5) is 13.3. The van der Waals surface area contributed by atoms with Gasteiger partial charge in [-0.2, -0.15) is 10.1 Å². The van der Waals surface area contributed by atoms with Gasteiger partial charge in [0, 0.05) is 48.7 Å². The smallest absolute Gasteiger partial charge is 0.224 e. The van der Waals surface area contributed by atoms with Gasteiger partial charge in [0.15, 0.2) is 0 Å². The summed E-state index contributed by atoms with van der Waals surface area (Å²) in [5.41, 5.74) is 4.50. The molecule has 0 aromatic carbocycles. The maximum atomic E-state index is 10.1. The molecule has 7 nitrogen and oxygen atoms in total. The van der Waals surface area contributed by atoms with Gasteiger partial charge in [0.2, 0.25) is 5.88 Å². The van der Waals surface area contributed by atoms with Crippen LogP contribution in [-0.4, -0.2) is 36.4 Å². The summed E-state index contributed by atoms with van der Waals surface area (Å²) >= 11 is 0. The molecule has 3 atom stereocenters. The number of rotatable bonds is 6. The zero-order valence-corrected chi connectivity index (χ0v) is 16.6. The summed E-state index contributed by atoms with van der Waals surface area (Å²) in [7, 11) is 1.83. The predicted molar refractivity (Wildman–Crippen MR) is 105 cm³/mol. The van der Waals surface area contributed by atoms with E-state index in [0.717, 1.165) is 23.2 Å². The van der Waals surface area contributed by atoms with Gasteiger partial charge >= 0.3 is 0 Å². The standard InChI is InChI=1S/C21H25N5O2/c1-12-5-6-22-19(7-12)16-8-15(16)11-28-21-17(9-23-14(3)24-21)18-10-26(4)25-20(18)13(2)27/h5-7,9-10,13,15-16,27H,8,11H2,1-4H3/t13?,15-,16+/m1/s1. The third-order valence-corrected chi connectivity index (χ3v) is 5.09. The molecule has 3 aromatic heterocycles. The molecular weight excluding hydrogens is 354 g/mol. The molecule has 4 rings (SSSR count). The van der Waals surface area contributed by atoms with Gasteiger partial charge in [-0.3, -0.25) is 9.67 Å². The largest absolute Gasteiger partial charge is 0.477 e. The third kappa shape index (κ3) is 3.75. The lowest BCUT2D eigenvalue weighted by atomic mass is 10.1. The van der Waals surface area contributed by atoms with Gasteiger partial charge in [0.05, 0.1) is 24.0 Å². The SMILES string of the molecule is Cc1ccnc([C@H]2C[C@@H]2COc2nc(C)ncc2-c2cn(C)nc2C(C)O)c1. The van der Waals surface area contributed by atoms with Crippen LogP contribution in [0.25, 0.3) is 11.1 Å². The number of aryl methyl sites for hydroxylation is 3. The normalized spacial score (nSPS) is 19.5. The van der Waals surface area contributed by atoms with Crippen LogP contribution in [0.15, 0.2) is 30.7 Å². The van der Waals surface area contributed by atoms with Crippen molar-refractivity contribution in [2.24, 2.45) is 13.0 Å². The Bertz CT molecular complexity index is 998. The van der Waals surface area contributed by atoms with Crippen molar-refractivity contribution in [2.45, 2.75) is 39.2 Å². The second-order valence-corrected chi connectivity index (χ2v) is 7.59. The number of ether oxygens (including phenoxy) is 1. The van der Waals surface area contributed by atoms with Crippen molar-refractivity contribution in [2.75, 3.05) is 6.61 Å². The first kappa shape index (κ1) is 18.6. The molecular formula is C21H25N5O2. The van der Waals surface area contributed by atoms with E-state index in [9.17, 15) is 5.11 Å². The number of aromatic nitrogens is 5. The Morgan fingerprint density at radius 2 is 2.11 bits per heavy atom. The number of pyridine rings is 1. The fraction of sp³-hybridized carbons (Fsp3) is 0.429. The summed E-state index contributed by atoms with van der Waals surface area (Å²) in [6.45, 7) is 6.20. The van der Waals surface area contributed by atoms with Crippen LogP contribution in [0.4, 0.5) is 0 Å². The lowest BCUT2D eigenvalue weighted by molar-refractivity contribution is 0.194. The van der Waals surface area contributed by atoms with E-state index in [2.05, 4.69) is 33.0 Å². The molecule has 28 heavy (non-hydrogen) atoms. The molecule has 7 heteroatoms. The Morgan fingerprint density at radius 1 is 1.29 bits per heavy atom. The van der Waals surface area contributed by atoms with E-state index < -0.39 is 6.10 Å². The van der Waals surface area contributed by atoms with Crippen LogP contribution in [0.5, 0.6) is 5.88 Å². The molecule has 1 aliphatic carbocycles. The average molecular weight is 379 g/mol. The second-order valence-electron chi connectivity index (χ2n) is 7.59. The Balaban J connectivity index is 1.54. The highest BCUT2D eigenvalue weighted by Crippen LogP contribution is 2.47. The molecule has 1 saturated carbocycles. The van der Waals surface area contributed by atoms with Crippen molar-refractivity contribution in [3.05, 3.63) is 53.5 Å². The maximum absolute atomic E-state index is 10.1. The van der Waals surface area contributed by atoms with Crippen LogP contribution in [0.1, 0.15) is 48.1 Å². The lowest BCUT2D eigenvalue weighted by Gasteiger charge is -2.11. The lowest BCUT2D eigenvalue weighted by Crippen LogP contribution is -2.06. The zero-order chi connectivity index (χ0) is 19.8. The first-order chi connectivity index (χ1) is 13.4. The summed E-state index contributed by atoms with van der Waals surface area (Å²) in [6.07, 6.45) is 5.85. The predicted octanol–water partition coefficient (Wildman–Crippen LogP) is 3.12. The maximum Gasteiger partial charge on any atom is 0.224 e. The number of hydrogen-bond donors (Lipinski definition) is 1. The van der Waals surface area contributed by atoms with Crippen molar-refractivity contribution in [3.8, 4) is 17.0 Å². The molecule has 0 saturated heterocycles. The Morgan fingerprint density at radius 3 is 2.86 bits per heavy atom. The average Bonchev–Trinajstić information content (AvgIpc) is 3.33. The van der Waals surface area contributed by atoms with Gasteiger partial charge in [0.1, 0.15) is 5.82 Å².